The Morgan fingerprint density at radius 2 is 1.94 bits per heavy atom. The van der Waals surface area contributed by atoms with Crippen LogP contribution in [0.25, 0.3) is 0 Å². The molecule has 0 saturated carbocycles. The molecule has 0 bridgehead atoms. The molecular weight excluding hydrogens is 250 g/mol. The normalized spacial score (nSPS) is 28.2. The molecule has 1 heterocycles. The van der Waals surface area contributed by atoms with E-state index < -0.39 is 26.8 Å². The van der Waals surface area contributed by atoms with Gasteiger partial charge < -0.3 is 5.11 Å². The van der Waals surface area contributed by atoms with Gasteiger partial charge in [-0.1, -0.05) is 0 Å². The smallest absolute Gasteiger partial charge is 0.322 e. The quantitative estimate of drug-likeness (QED) is 0.806. The summed E-state index contributed by atoms with van der Waals surface area (Å²) in [4.78, 5) is 11.0. The molecule has 1 aliphatic rings. The highest BCUT2D eigenvalue weighted by molar-refractivity contribution is 8.01. The van der Waals surface area contributed by atoms with Crippen LogP contribution < -0.4 is 0 Å². The fourth-order valence-electron chi connectivity index (χ4n) is 1.49. The van der Waals surface area contributed by atoms with Crippen molar-refractivity contribution in [2.24, 2.45) is 0 Å². The first-order valence-corrected chi connectivity index (χ1v) is 7.45. The van der Waals surface area contributed by atoms with Gasteiger partial charge in [-0.25, -0.2) is 8.42 Å². The fraction of sp³-hybridized carbons (Fsp3) is 0.889. The molecule has 1 rings (SSSR count). The van der Waals surface area contributed by atoms with Gasteiger partial charge in [0, 0.05) is 5.75 Å². The number of carbonyl (C=O) groups is 1. The average Bonchev–Trinajstić information content (AvgIpc) is 2.45. The molecule has 1 aliphatic heterocycles. The van der Waals surface area contributed by atoms with Crippen molar-refractivity contribution in [1.29, 1.82) is 0 Å². The van der Waals surface area contributed by atoms with Gasteiger partial charge in [-0.05, 0) is 27.7 Å². The van der Waals surface area contributed by atoms with Crippen molar-refractivity contribution in [1.82, 2.24) is 4.31 Å². The summed E-state index contributed by atoms with van der Waals surface area (Å²) in [5, 5.41) is 8.70. The van der Waals surface area contributed by atoms with Gasteiger partial charge in [0.05, 0.1) is 10.1 Å². The number of rotatable bonds is 2. The summed E-state index contributed by atoms with van der Waals surface area (Å²) in [5.74, 6) is -0.768. The average molecular weight is 267 g/mol. The summed E-state index contributed by atoms with van der Waals surface area (Å²) in [6, 6.07) is -0.941. The molecule has 0 aromatic rings. The lowest BCUT2D eigenvalue weighted by atomic mass is 10.3. The Kier molecular flexibility index (Phi) is 3.62. The van der Waals surface area contributed by atoms with E-state index in [-0.39, 0.29) is 5.37 Å². The van der Waals surface area contributed by atoms with Crippen LogP contribution in [0.5, 0.6) is 0 Å². The topological polar surface area (TPSA) is 74.7 Å². The molecule has 2 unspecified atom stereocenters. The van der Waals surface area contributed by atoms with Crippen LogP contribution in [0.4, 0.5) is 0 Å². The number of sulfonamides is 1. The van der Waals surface area contributed by atoms with Crippen molar-refractivity contribution >= 4 is 27.8 Å². The minimum absolute atomic E-state index is 0.311. The first-order valence-electron chi connectivity index (χ1n) is 4.96. The zero-order valence-electron chi connectivity index (χ0n) is 9.80. The lowest BCUT2D eigenvalue weighted by molar-refractivity contribution is -0.140. The number of hydrogen-bond donors (Lipinski definition) is 1. The lowest BCUT2D eigenvalue weighted by Crippen LogP contribution is -2.51. The molecular formula is C9H17NO4S2. The molecule has 2 atom stereocenters. The van der Waals surface area contributed by atoms with Gasteiger partial charge in [-0.3, -0.25) is 4.79 Å². The van der Waals surface area contributed by atoms with E-state index in [1.165, 1.54) is 11.8 Å². The van der Waals surface area contributed by atoms with E-state index in [1.54, 1.807) is 27.7 Å². The molecule has 1 saturated heterocycles. The number of thioether (sulfide) groups is 1. The van der Waals surface area contributed by atoms with E-state index in [2.05, 4.69) is 0 Å². The van der Waals surface area contributed by atoms with Crippen molar-refractivity contribution in [2.75, 3.05) is 5.75 Å². The molecule has 0 aliphatic carbocycles. The molecule has 0 spiro atoms. The Balaban J connectivity index is 3.15. The maximum absolute atomic E-state index is 12.2. The summed E-state index contributed by atoms with van der Waals surface area (Å²) >= 11 is 1.35. The van der Waals surface area contributed by atoms with Gasteiger partial charge in [-0.2, -0.15) is 4.31 Å². The molecule has 7 heteroatoms. The first-order chi connectivity index (χ1) is 7.09. The van der Waals surface area contributed by atoms with Gasteiger partial charge in [0.15, 0.2) is 0 Å². The van der Waals surface area contributed by atoms with Crippen LogP contribution in [0.1, 0.15) is 27.7 Å². The first kappa shape index (κ1) is 13.8. The lowest BCUT2D eigenvalue weighted by Gasteiger charge is -2.31. The largest absolute Gasteiger partial charge is 0.480 e. The van der Waals surface area contributed by atoms with Crippen LogP contribution in [0.2, 0.25) is 0 Å². The second-order valence-corrected chi connectivity index (χ2v) is 8.68. The van der Waals surface area contributed by atoms with E-state index in [1.807, 2.05) is 0 Å². The highest BCUT2D eigenvalue weighted by atomic mass is 32.2. The highest BCUT2D eigenvalue weighted by Crippen LogP contribution is 2.35. The van der Waals surface area contributed by atoms with Crippen molar-refractivity contribution in [3.05, 3.63) is 0 Å². The van der Waals surface area contributed by atoms with Crippen LogP contribution >= 0.6 is 11.8 Å². The Morgan fingerprint density at radius 1 is 1.44 bits per heavy atom. The summed E-state index contributed by atoms with van der Waals surface area (Å²) in [7, 11) is -3.59. The van der Waals surface area contributed by atoms with Crippen LogP contribution in [-0.4, -0.2) is 45.7 Å². The van der Waals surface area contributed by atoms with Crippen LogP contribution in [0.3, 0.4) is 0 Å². The third kappa shape index (κ3) is 2.21. The van der Waals surface area contributed by atoms with E-state index in [0.717, 1.165) is 4.31 Å². The molecule has 0 aromatic carbocycles. The van der Waals surface area contributed by atoms with Crippen LogP contribution in [-0.2, 0) is 14.8 Å². The second-order valence-electron chi connectivity index (χ2n) is 4.73. The van der Waals surface area contributed by atoms with Crippen molar-refractivity contribution in [3.8, 4) is 0 Å². The van der Waals surface area contributed by atoms with Gasteiger partial charge in [0.1, 0.15) is 6.04 Å². The highest BCUT2D eigenvalue weighted by Gasteiger charge is 2.48. The molecule has 0 radical (unpaired) electrons. The van der Waals surface area contributed by atoms with E-state index in [4.69, 9.17) is 5.11 Å². The van der Waals surface area contributed by atoms with E-state index in [0.29, 0.717) is 5.75 Å². The Bertz CT molecular complexity index is 385. The fourth-order valence-corrected chi connectivity index (χ4v) is 4.69. The molecule has 0 amide bonds. The summed E-state index contributed by atoms with van der Waals surface area (Å²) in [6.07, 6.45) is 0. The summed E-state index contributed by atoms with van der Waals surface area (Å²) in [6.45, 7) is 6.46. The van der Waals surface area contributed by atoms with E-state index in [9.17, 15) is 13.2 Å². The predicted molar refractivity (Wildman–Crippen MR) is 63.9 cm³/mol. The Morgan fingerprint density at radius 3 is 2.31 bits per heavy atom. The summed E-state index contributed by atoms with van der Waals surface area (Å²) < 4.78 is 24.6. The van der Waals surface area contributed by atoms with Gasteiger partial charge >= 0.3 is 5.97 Å². The standard InChI is InChI=1S/C9H17NO4S2/c1-6-10(7(5-15-6)8(11)12)16(13,14)9(2,3)4/h6-7H,5H2,1-4H3,(H,11,12). The Hall–Kier alpha value is -0.270. The molecule has 94 valence electrons. The van der Waals surface area contributed by atoms with Gasteiger partial charge in [-0.15, -0.1) is 11.8 Å². The molecule has 1 fully saturated rings. The zero-order valence-corrected chi connectivity index (χ0v) is 11.4. The summed E-state index contributed by atoms with van der Waals surface area (Å²) in [5.41, 5.74) is 0. The SMILES string of the molecule is CC1SCC(C(=O)O)N1S(=O)(=O)C(C)(C)C. The number of carboxylic acids is 1. The monoisotopic (exact) mass is 267 g/mol. The molecule has 0 aromatic heterocycles. The second kappa shape index (κ2) is 4.19. The molecule has 16 heavy (non-hydrogen) atoms. The van der Waals surface area contributed by atoms with Crippen molar-refractivity contribution in [3.63, 3.8) is 0 Å². The van der Waals surface area contributed by atoms with Gasteiger partial charge in [0.25, 0.3) is 0 Å². The maximum atomic E-state index is 12.2. The van der Waals surface area contributed by atoms with E-state index >= 15 is 0 Å². The van der Waals surface area contributed by atoms with Crippen LogP contribution in [0.15, 0.2) is 0 Å². The number of carboxylic acid groups (broad SMARTS) is 1. The molecule has 5 nitrogen and oxygen atoms in total. The molecule has 1 N–H and O–H groups in total. The van der Waals surface area contributed by atoms with Crippen LogP contribution in [0, 0.1) is 0 Å². The third-order valence-corrected chi connectivity index (χ3v) is 6.52. The zero-order chi connectivity index (χ0) is 12.7. The van der Waals surface area contributed by atoms with Crippen molar-refractivity contribution < 1.29 is 18.3 Å². The van der Waals surface area contributed by atoms with Crippen molar-refractivity contribution in [2.45, 2.75) is 43.9 Å². The Labute approximate surface area is 100 Å². The predicted octanol–water partition coefficient (Wildman–Crippen LogP) is 0.963. The minimum Gasteiger partial charge on any atom is -0.480 e. The minimum atomic E-state index is -3.59. The number of nitrogens with zero attached hydrogens (tertiary/aromatic N) is 1. The number of hydrogen-bond acceptors (Lipinski definition) is 4. The number of aliphatic carboxylic acids is 1. The third-order valence-electron chi connectivity index (χ3n) is 2.50. The van der Waals surface area contributed by atoms with Gasteiger partial charge in [0.2, 0.25) is 10.0 Å². The maximum Gasteiger partial charge on any atom is 0.322 e.